The van der Waals surface area contributed by atoms with Crippen LogP contribution >= 0.6 is 0 Å². The molecule has 1 N–H and O–H groups in total. The molecular weight excluding hydrogens is 382 g/mol. The van der Waals surface area contributed by atoms with E-state index < -0.39 is 0 Å². The Kier molecular flexibility index (Phi) is 7.83. The summed E-state index contributed by atoms with van der Waals surface area (Å²) in [7, 11) is 1.61. The van der Waals surface area contributed by atoms with Crippen molar-refractivity contribution in [2.45, 2.75) is 32.6 Å². The predicted molar refractivity (Wildman–Crippen MR) is 114 cm³/mol. The lowest BCUT2D eigenvalue weighted by Crippen LogP contribution is -2.25. The van der Waals surface area contributed by atoms with Gasteiger partial charge in [-0.2, -0.15) is 4.98 Å². The fourth-order valence-corrected chi connectivity index (χ4v) is 3.07. The lowest BCUT2D eigenvalue weighted by Gasteiger charge is -2.10. The molecule has 1 aromatic heterocycles. The summed E-state index contributed by atoms with van der Waals surface area (Å²) < 4.78 is 16.1. The standard InChI is InChI=1S/C23H27N3O4/c1-3-29-20-11-5-4-8-17(20)14-15-24-21(27)12-7-13-22-25-23(26-30-22)18-9-6-10-19(16-18)28-2/h4-6,8-11,16H,3,7,12-15H2,1-2H3,(H,24,27). The first-order valence-corrected chi connectivity index (χ1v) is 10.1. The number of methoxy groups -OCH3 is 1. The normalized spacial score (nSPS) is 10.6. The van der Waals surface area contributed by atoms with E-state index in [4.69, 9.17) is 14.0 Å². The van der Waals surface area contributed by atoms with E-state index in [-0.39, 0.29) is 5.91 Å². The summed E-state index contributed by atoms with van der Waals surface area (Å²) in [4.78, 5) is 16.5. The van der Waals surface area contributed by atoms with Crippen molar-refractivity contribution in [3.05, 3.63) is 60.0 Å². The van der Waals surface area contributed by atoms with Crippen molar-refractivity contribution in [1.29, 1.82) is 0 Å². The van der Waals surface area contributed by atoms with Gasteiger partial charge in [0.15, 0.2) is 0 Å². The van der Waals surface area contributed by atoms with Crippen molar-refractivity contribution in [2.24, 2.45) is 0 Å². The number of aromatic nitrogens is 2. The highest BCUT2D eigenvalue weighted by molar-refractivity contribution is 5.75. The number of carbonyl (C=O) groups excluding carboxylic acids is 1. The van der Waals surface area contributed by atoms with Crippen LogP contribution in [0.1, 0.15) is 31.2 Å². The molecule has 0 radical (unpaired) electrons. The molecule has 0 unspecified atom stereocenters. The quantitative estimate of drug-likeness (QED) is 0.518. The van der Waals surface area contributed by atoms with Crippen LogP contribution in [0.15, 0.2) is 53.1 Å². The Bertz CT molecular complexity index is 955. The van der Waals surface area contributed by atoms with Crippen LogP contribution in [0.4, 0.5) is 0 Å². The zero-order valence-corrected chi connectivity index (χ0v) is 17.4. The fraction of sp³-hybridized carbons (Fsp3) is 0.348. The number of amides is 1. The van der Waals surface area contributed by atoms with Crippen molar-refractivity contribution >= 4 is 5.91 Å². The fourth-order valence-electron chi connectivity index (χ4n) is 3.07. The van der Waals surface area contributed by atoms with E-state index in [1.807, 2.05) is 55.5 Å². The first kappa shape index (κ1) is 21.4. The third kappa shape index (κ3) is 6.07. The molecule has 7 heteroatoms. The van der Waals surface area contributed by atoms with Crippen molar-refractivity contribution in [3.63, 3.8) is 0 Å². The molecule has 0 atom stereocenters. The number of nitrogens with one attached hydrogen (secondary N) is 1. The molecule has 0 aliphatic carbocycles. The summed E-state index contributed by atoms with van der Waals surface area (Å²) in [6.07, 6.45) is 2.33. The van der Waals surface area contributed by atoms with Gasteiger partial charge in [0.05, 0.1) is 13.7 Å². The molecule has 30 heavy (non-hydrogen) atoms. The van der Waals surface area contributed by atoms with E-state index in [9.17, 15) is 4.79 Å². The Morgan fingerprint density at radius 2 is 2.00 bits per heavy atom. The third-order valence-corrected chi connectivity index (χ3v) is 4.58. The Morgan fingerprint density at radius 1 is 1.13 bits per heavy atom. The first-order valence-electron chi connectivity index (χ1n) is 10.1. The highest BCUT2D eigenvalue weighted by Gasteiger charge is 2.10. The van der Waals surface area contributed by atoms with E-state index in [0.29, 0.717) is 44.1 Å². The van der Waals surface area contributed by atoms with Crippen LogP contribution in [0.25, 0.3) is 11.4 Å². The van der Waals surface area contributed by atoms with E-state index in [1.165, 1.54) is 0 Å². The maximum atomic E-state index is 12.1. The van der Waals surface area contributed by atoms with Crippen LogP contribution in [-0.4, -0.2) is 36.3 Å². The summed E-state index contributed by atoms with van der Waals surface area (Å²) >= 11 is 0. The van der Waals surface area contributed by atoms with Gasteiger partial charge in [0.1, 0.15) is 11.5 Å². The Morgan fingerprint density at radius 3 is 2.83 bits per heavy atom. The molecule has 2 aromatic carbocycles. The molecule has 0 aliphatic heterocycles. The Labute approximate surface area is 176 Å². The van der Waals surface area contributed by atoms with Gasteiger partial charge in [-0.3, -0.25) is 4.79 Å². The monoisotopic (exact) mass is 409 g/mol. The molecule has 0 fully saturated rings. The second-order valence-corrected chi connectivity index (χ2v) is 6.74. The lowest BCUT2D eigenvalue weighted by atomic mass is 10.1. The maximum Gasteiger partial charge on any atom is 0.226 e. The van der Waals surface area contributed by atoms with Gasteiger partial charge >= 0.3 is 0 Å². The van der Waals surface area contributed by atoms with E-state index >= 15 is 0 Å². The minimum Gasteiger partial charge on any atom is -0.497 e. The van der Waals surface area contributed by atoms with Crippen LogP contribution in [0.2, 0.25) is 0 Å². The molecule has 0 aliphatic rings. The van der Waals surface area contributed by atoms with Gasteiger partial charge in [-0.05, 0) is 43.5 Å². The molecule has 3 rings (SSSR count). The molecular formula is C23H27N3O4. The summed E-state index contributed by atoms with van der Waals surface area (Å²) in [5, 5.41) is 6.97. The minimum absolute atomic E-state index is 0.0106. The summed E-state index contributed by atoms with van der Waals surface area (Å²) in [5.74, 6) is 2.65. The number of benzene rings is 2. The van der Waals surface area contributed by atoms with Gasteiger partial charge in [-0.25, -0.2) is 0 Å². The van der Waals surface area contributed by atoms with Gasteiger partial charge in [0.2, 0.25) is 17.6 Å². The summed E-state index contributed by atoms with van der Waals surface area (Å²) in [6.45, 7) is 3.16. The van der Waals surface area contributed by atoms with Gasteiger partial charge in [-0.15, -0.1) is 0 Å². The highest BCUT2D eigenvalue weighted by atomic mass is 16.5. The van der Waals surface area contributed by atoms with Crippen molar-refractivity contribution in [1.82, 2.24) is 15.5 Å². The SMILES string of the molecule is CCOc1ccccc1CCNC(=O)CCCc1nc(-c2cccc(OC)c2)no1. The second-order valence-electron chi connectivity index (χ2n) is 6.74. The molecule has 0 bridgehead atoms. The first-order chi connectivity index (χ1) is 14.7. The molecule has 0 saturated carbocycles. The topological polar surface area (TPSA) is 86.5 Å². The summed E-state index contributed by atoms with van der Waals surface area (Å²) in [5.41, 5.74) is 1.92. The van der Waals surface area contributed by atoms with Gasteiger partial charge in [0, 0.05) is 24.9 Å². The molecule has 1 amide bonds. The number of nitrogens with zero attached hydrogens (tertiary/aromatic N) is 2. The number of para-hydroxylation sites is 1. The molecule has 0 saturated heterocycles. The van der Waals surface area contributed by atoms with Crippen LogP contribution < -0.4 is 14.8 Å². The van der Waals surface area contributed by atoms with Crippen molar-refractivity contribution in [3.8, 4) is 22.9 Å². The highest BCUT2D eigenvalue weighted by Crippen LogP contribution is 2.21. The number of aryl methyl sites for hydroxylation is 1. The van der Waals surface area contributed by atoms with Gasteiger partial charge in [0.25, 0.3) is 0 Å². The molecule has 1 heterocycles. The Hall–Kier alpha value is -3.35. The van der Waals surface area contributed by atoms with Crippen molar-refractivity contribution in [2.75, 3.05) is 20.3 Å². The average Bonchev–Trinajstić information content (AvgIpc) is 3.24. The second kappa shape index (κ2) is 11.0. The van der Waals surface area contributed by atoms with E-state index in [0.717, 1.165) is 29.0 Å². The van der Waals surface area contributed by atoms with Crippen molar-refractivity contribution < 1.29 is 18.8 Å². The van der Waals surface area contributed by atoms with Gasteiger partial charge in [-0.1, -0.05) is 35.5 Å². The number of carbonyl (C=O) groups is 1. The molecule has 3 aromatic rings. The number of ether oxygens (including phenoxy) is 2. The van der Waals surface area contributed by atoms with Gasteiger partial charge < -0.3 is 19.3 Å². The molecule has 0 spiro atoms. The smallest absolute Gasteiger partial charge is 0.226 e. The zero-order chi connectivity index (χ0) is 21.2. The average molecular weight is 409 g/mol. The minimum atomic E-state index is 0.0106. The largest absolute Gasteiger partial charge is 0.497 e. The van der Waals surface area contributed by atoms with Crippen LogP contribution in [0.5, 0.6) is 11.5 Å². The summed E-state index contributed by atoms with van der Waals surface area (Å²) in [6, 6.07) is 15.4. The van der Waals surface area contributed by atoms with Crippen LogP contribution in [-0.2, 0) is 17.6 Å². The van der Waals surface area contributed by atoms with Crippen LogP contribution in [0, 0.1) is 0 Å². The molecule has 158 valence electrons. The predicted octanol–water partition coefficient (Wildman–Crippen LogP) is 3.83. The number of hydrogen-bond donors (Lipinski definition) is 1. The van der Waals surface area contributed by atoms with E-state index in [1.54, 1.807) is 7.11 Å². The Balaban J connectivity index is 1.40. The third-order valence-electron chi connectivity index (χ3n) is 4.58. The zero-order valence-electron chi connectivity index (χ0n) is 17.4. The van der Waals surface area contributed by atoms with E-state index in [2.05, 4.69) is 15.5 Å². The van der Waals surface area contributed by atoms with Crippen LogP contribution in [0.3, 0.4) is 0 Å². The number of rotatable bonds is 11. The molecule has 7 nitrogen and oxygen atoms in total. The number of hydrogen-bond acceptors (Lipinski definition) is 6. The lowest BCUT2D eigenvalue weighted by molar-refractivity contribution is -0.121. The maximum absolute atomic E-state index is 12.1.